The molecule has 26 heavy (non-hydrogen) atoms. The van der Waals surface area contributed by atoms with Crippen LogP contribution < -0.4 is 10.5 Å². The Hall–Kier alpha value is -2.78. The summed E-state index contributed by atoms with van der Waals surface area (Å²) in [6, 6.07) is 7.65. The molecular weight excluding hydrogens is 354 g/mol. The van der Waals surface area contributed by atoms with E-state index in [4.69, 9.17) is 5.14 Å². The van der Waals surface area contributed by atoms with Gasteiger partial charge in [0.05, 0.1) is 22.3 Å². The van der Waals surface area contributed by atoms with E-state index >= 15 is 0 Å². The maximum absolute atomic E-state index is 12.6. The molecule has 0 aliphatic heterocycles. The molecule has 2 aromatic heterocycles. The first kappa shape index (κ1) is 18.0. The monoisotopic (exact) mass is 373 g/mol. The number of primary sulfonamides is 1. The fourth-order valence-corrected chi connectivity index (χ4v) is 3.18. The van der Waals surface area contributed by atoms with Crippen molar-refractivity contribution in [2.24, 2.45) is 5.14 Å². The van der Waals surface area contributed by atoms with Gasteiger partial charge < -0.3 is 5.32 Å². The zero-order valence-electron chi connectivity index (χ0n) is 14.6. The van der Waals surface area contributed by atoms with E-state index in [-0.39, 0.29) is 16.8 Å². The third-order valence-electron chi connectivity index (χ3n) is 3.91. The van der Waals surface area contributed by atoms with Crippen LogP contribution >= 0.6 is 0 Å². The van der Waals surface area contributed by atoms with Gasteiger partial charge in [-0.25, -0.2) is 23.2 Å². The van der Waals surface area contributed by atoms with Crippen LogP contribution in [0.3, 0.4) is 0 Å². The summed E-state index contributed by atoms with van der Waals surface area (Å²) < 4.78 is 24.7. The highest BCUT2D eigenvalue weighted by Gasteiger charge is 2.16. The Bertz CT molecular complexity index is 1100. The number of pyridine rings is 1. The van der Waals surface area contributed by atoms with Gasteiger partial charge in [0.15, 0.2) is 5.65 Å². The number of amides is 1. The van der Waals surface area contributed by atoms with Crippen LogP contribution in [0.5, 0.6) is 0 Å². The molecule has 0 saturated heterocycles. The Morgan fingerprint density at radius 1 is 1.27 bits per heavy atom. The quantitative estimate of drug-likeness (QED) is 0.726. The number of nitrogens with zero attached hydrogens (tertiary/aromatic N) is 3. The van der Waals surface area contributed by atoms with Crippen molar-refractivity contribution in [2.45, 2.75) is 31.7 Å². The van der Waals surface area contributed by atoms with Gasteiger partial charge in [-0.15, -0.1) is 0 Å². The lowest BCUT2D eigenvalue weighted by atomic mass is 10.1. The summed E-state index contributed by atoms with van der Waals surface area (Å²) in [5, 5.41) is 12.9. The highest BCUT2D eigenvalue weighted by molar-refractivity contribution is 7.89. The Morgan fingerprint density at radius 3 is 2.65 bits per heavy atom. The van der Waals surface area contributed by atoms with Gasteiger partial charge in [-0.3, -0.25) is 4.79 Å². The van der Waals surface area contributed by atoms with Gasteiger partial charge in [0.2, 0.25) is 10.0 Å². The van der Waals surface area contributed by atoms with Crippen molar-refractivity contribution in [3.63, 3.8) is 0 Å². The first-order valence-electron chi connectivity index (χ1n) is 7.96. The largest absolute Gasteiger partial charge is 0.322 e. The summed E-state index contributed by atoms with van der Waals surface area (Å²) in [5.41, 5.74) is 1.99. The van der Waals surface area contributed by atoms with Crippen LogP contribution in [0.25, 0.3) is 11.0 Å². The molecule has 0 radical (unpaired) electrons. The topological polar surface area (TPSA) is 120 Å². The number of hydrogen-bond donors (Lipinski definition) is 2. The van der Waals surface area contributed by atoms with Gasteiger partial charge in [-0.2, -0.15) is 5.10 Å². The summed E-state index contributed by atoms with van der Waals surface area (Å²) >= 11 is 0. The zero-order chi connectivity index (χ0) is 19.1. The molecule has 0 spiro atoms. The van der Waals surface area contributed by atoms with E-state index in [2.05, 4.69) is 15.4 Å². The van der Waals surface area contributed by atoms with E-state index in [9.17, 15) is 13.2 Å². The number of fused-ring (bicyclic) bond motifs is 1. The van der Waals surface area contributed by atoms with Crippen LogP contribution in [0.2, 0.25) is 0 Å². The van der Waals surface area contributed by atoms with Gasteiger partial charge in [-0.1, -0.05) is 6.07 Å². The highest BCUT2D eigenvalue weighted by atomic mass is 32.2. The lowest BCUT2D eigenvalue weighted by Gasteiger charge is -2.10. The van der Waals surface area contributed by atoms with Crippen molar-refractivity contribution < 1.29 is 13.2 Å². The molecule has 2 heterocycles. The Balaban J connectivity index is 1.94. The lowest BCUT2D eigenvalue weighted by Crippen LogP contribution is -2.16. The molecule has 0 bridgehead atoms. The number of carbonyl (C=O) groups excluding carboxylic acids is 1. The minimum Gasteiger partial charge on any atom is -0.322 e. The third kappa shape index (κ3) is 3.44. The molecular formula is C17H19N5O3S. The number of nitrogens with one attached hydrogen (secondary N) is 1. The molecule has 0 aliphatic carbocycles. The minimum atomic E-state index is -3.84. The number of benzene rings is 1. The molecule has 3 N–H and O–H groups in total. The maximum Gasteiger partial charge on any atom is 0.257 e. The van der Waals surface area contributed by atoms with Gasteiger partial charge in [0.1, 0.15) is 0 Å². The number of carbonyl (C=O) groups is 1. The standard InChI is InChI=1S/C17H19N5O3S/c1-10(2)22-16-12(9-19-22)7-15(11(3)20-16)17(23)21-13-5-4-6-14(8-13)26(18,24)25/h4-10H,1-3H3,(H,21,23)(H2,18,24,25). The van der Waals surface area contributed by atoms with E-state index in [1.54, 1.807) is 29.9 Å². The number of rotatable bonds is 4. The molecule has 1 aromatic carbocycles. The van der Waals surface area contributed by atoms with E-state index in [0.29, 0.717) is 22.6 Å². The fourth-order valence-electron chi connectivity index (χ4n) is 2.62. The fraction of sp³-hybridized carbons (Fsp3) is 0.235. The number of aryl methyl sites for hydroxylation is 1. The van der Waals surface area contributed by atoms with E-state index in [0.717, 1.165) is 5.39 Å². The second-order valence-corrected chi connectivity index (χ2v) is 7.81. The average molecular weight is 373 g/mol. The predicted octanol–water partition coefficient (Wildman–Crippen LogP) is 2.22. The minimum absolute atomic E-state index is 0.0705. The van der Waals surface area contributed by atoms with Crippen LogP contribution in [0.4, 0.5) is 5.69 Å². The molecule has 8 nitrogen and oxygen atoms in total. The van der Waals surface area contributed by atoms with Crippen LogP contribution in [0.15, 0.2) is 41.4 Å². The molecule has 3 aromatic rings. The van der Waals surface area contributed by atoms with Gasteiger partial charge in [0.25, 0.3) is 5.91 Å². The molecule has 0 aliphatic rings. The molecule has 0 fully saturated rings. The smallest absolute Gasteiger partial charge is 0.257 e. The van der Waals surface area contributed by atoms with Crippen LogP contribution in [-0.4, -0.2) is 29.1 Å². The molecule has 9 heteroatoms. The lowest BCUT2D eigenvalue weighted by molar-refractivity contribution is 0.102. The number of anilines is 1. The molecule has 3 rings (SSSR count). The van der Waals surface area contributed by atoms with Crippen molar-refractivity contribution in [1.29, 1.82) is 0 Å². The van der Waals surface area contributed by atoms with Crippen molar-refractivity contribution in [2.75, 3.05) is 5.32 Å². The first-order valence-corrected chi connectivity index (χ1v) is 9.50. The average Bonchev–Trinajstić information content (AvgIpc) is 2.96. The van der Waals surface area contributed by atoms with E-state index in [1.807, 2.05) is 13.8 Å². The molecule has 136 valence electrons. The molecule has 1 amide bonds. The highest BCUT2D eigenvalue weighted by Crippen LogP contribution is 2.21. The van der Waals surface area contributed by atoms with E-state index < -0.39 is 10.0 Å². The van der Waals surface area contributed by atoms with E-state index in [1.165, 1.54) is 18.2 Å². The number of nitrogens with two attached hydrogens (primary N) is 1. The van der Waals surface area contributed by atoms with Crippen molar-refractivity contribution in [3.8, 4) is 0 Å². The Kier molecular flexibility index (Phi) is 4.51. The van der Waals surface area contributed by atoms with Crippen molar-refractivity contribution in [3.05, 3.63) is 47.8 Å². The second kappa shape index (κ2) is 6.50. The summed E-state index contributed by atoms with van der Waals surface area (Å²) in [4.78, 5) is 17.1. The summed E-state index contributed by atoms with van der Waals surface area (Å²) in [7, 11) is -3.84. The van der Waals surface area contributed by atoms with Crippen LogP contribution in [0.1, 0.15) is 35.9 Å². The SMILES string of the molecule is Cc1nc2c(cnn2C(C)C)cc1C(=O)Nc1cccc(S(N)(=O)=O)c1. The molecule has 0 unspecified atom stereocenters. The predicted molar refractivity (Wildman–Crippen MR) is 98.4 cm³/mol. The van der Waals surface area contributed by atoms with Crippen molar-refractivity contribution in [1.82, 2.24) is 14.8 Å². The Morgan fingerprint density at radius 2 is 2.00 bits per heavy atom. The van der Waals surface area contributed by atoms with Gasteiger partial charge in [-0.05, 0) is 45.0 Å². The third-order valence-corrected chi connectivity index (χ3v) is 4.82. The Labute approximate surface area is 151 Å². The molecule has 0 saturated carbocycles. The summed E-state index contributed by atoms with van der Waals surface area (Å²) in [5.74, 6) is -0.388. The number of hydrogen-bond acceptors (Lipinski definition) is 5. The first-order chi connectivity index (χ1) is 12.2. The number of sulfonamides is 1. The second-order valence-electron chi connectivity index (χ2n) is 6.24. The van der Waals surface area contributed by atoms with Crippen molar-refractivity contribution >= 4 is 32.7 Å². The van der Waals surface area contributed by atoms with Crippen LogP contribution in [0, 0.1) is 6.92 Å². The zero-order valence-corrected chi connectivity index (χ0v) is 15.4. The van der Waals surface area contributed by atoms with Gasteiger partial charge >= 0.3 is 0 Å². The summed E-state index contributed by atoms with van der Waals surface area (Å²) in [6.45, 7) is 5.75. The van der Waals surface area contributed by atoms with Gasteiger partial charge in [0, 0.05) is 17.1 Å². The van der Waals surface area contributed by atoms with Crippen LogP contribution in [-0.2, 0) is 10.0 Å². The molecule has 0 atom stereocenters. The summed E-state index contributed by atoms with van der Waals surface area (Å²) in [6.07, 6.45) is 1.67. The normalized spacial score (nSPS) is 11.9. The maximum atomic E-state index is 12.6. The number of aromatic nitrogens is 3.